The van der Waals surface area contributed by atoms with Gasteiger partial charge in [0.05, 0.1) is 17.2 Å². The lowest BCUT2D eigenvalue weighted by Crippen LogP contribution is -2.31. The molecule has 6 heteroatoms. The van der Waals surface area contributed by atoms with Crippen LogP contribution in [0.1, 0.15) is 52.8 Å². The SMILES string of the molecule is O=C(CCCCCN1C(=O)c2ccccc2C1=O)N1CCC(O)C1. The van der Waals surface area contributed by atoms with Gasteiger partial charge in [-0.2, -0.15) is 0 Å². The third-order valence-corrected chi connectivity index (χ3v) is 4.67. The molecule has 0 spiro atoms. The van der Waals surface area contributed by atoms with E-state index < -0.39 is 0 Å². The number of benzene rings is 1. The summed E-state index contributed by atoms with van der Waals surface area (Å²) in [6.07, 6.45) is 2.94. The van der Waals surface area contributed by atoms with Gasteiger partial charge < -0.3 is 10.0 Å². The van der Waals surface area contributed by atoms with Crippen LogP contribution < -0.4 is 0 Å². The van der Waals surface area contributed by atoms with Crippen molar-refractivity contribution in [2.75, 3.05) is 19.6 Å². The summed E-state index contributed by atoms with van der Waals surface area (Å²) in [5.74, 6) is -0.372. The van der Waals surface area contributed by atoms with E-state index in [0.29, 0.717) is 50.0 Å². The van der Waals surface area contributed by atoms with Crippen molar-refractivity contribution < 1.29 is 19.5 Å². The summed E-state index contributed by atoms with van der Waals surface area (Å²) in [7, 11) is 0. The van der Waals surface area contributed by atoms with E-state index in [1.54, 1.807) is 29.2 Å². The van der Waals surface area contributed by atoms with E-state index >= 15 is 0 Å². The minimum Gasteiger partial charge on any atom is -0.391 e. The van der Waals surface area contributed by atoms with Crippen LogP contribution >= 0.6 is 0 Å². The predicted molar refractivity (Wildman–Crippen MR) is 87.5 cm³/mol. The van der Waals surface area contributed by atoms with E-state index in [1.165, 1.54) is 4.90 Å². The fourth-order valence-corrected chi connectivity index (χ4v) is 3.29. The zero-order valence-corrected chi connectivity index (χ0v) is 13.6. The van der Waals surface area contributed by atoms with Gasteiger partial charge in [0.1, 0.15) is 0 Å². The molecule has 1 fully saturated rings. The normalized spacial score (nSPS) is 20.0. The van der Waals surface area contributed by atoms with Crippen molar-refractivity contribution in [3.8, 4) is 0 Å². The van der Waals surface area contributed by atoms with Gasteiger partial charge in [0.2, 0.25) is 5.91 Å². The summed E-state index contributed by atoms with van der Waals surface area (Å²) in [6, 6.07) is 6.88. The van der Waals surface area contributed by atoms with E-state index in [2.05, 4.69) is 0 Å². The average Bonchev–Trinajstić information content (AvgIpc) is 3.12. The molecule has 0 saturated carbocycles. The molecule has 2 aliphatic rings. The average molecular weight is 330 g/mol. The summed E-state index contributed by atoms with van der Waals surface area (Å²) in [6.45, 7) is 1.46. The minimum absolute atomic E-state index is 0.0762. The Morgan fingerprint density at radius 1 is 1.08 bits per heavy atom. The molecule has 128 valence electrons. The number of imide groups is 1. The van der Waals surface area contributed by atoms with E-state index in [-0.39, 0.29) is 23.8 Å². The lowest BCUT2D eigenvalue weighted by Gasteiger charge is -2.16. The van der Waals surface area contributed by atoms with Crippen LogP contribution in [-0.4, -0.2) is 58.4 Å². The first-order valence-electron chi connectivity index (χ1n) is 8.49. The zero-order chi connectivity index (χ0) is 17.1. The Labute approximate surface area is 141 Å². The van der Waals surface area contributed by atoms with Gasteiger partial charge in [-0.25, -0.2) is 0 Å². The highest BCUT2D eigenvalue weighted by Gasteiger charge is 2.34. The first-order chi connectivity index (χ1) is 11.6. The lowest BCUT2D eigenvalue weighted by molar-refractivity contribution is -0.130. The Kier molecular flexibility index (Phi) is 4.94. The van der Waals surface area contributed by atoms with E-state index in [1.807, 2.05) is 0 Å². The molecule has 1 unspecified atom stereocenters. The van der Waals surface area contributed by atoms with E-state index in [4.69, 9.17) is 0 Å². The fraction of sp³-hybridized carbons (Fsp3) is 0.500. The first-order valence-corrected chi connectivity index (χ1v) is 8.49. The quantitative estimate of drug-likeness (QED) is 0.632. The number of hydrogen-bond donors (Lipinski definition) is 1. The van der Waals surface area contributed by atoms with Crippen LogP contribution in [0.4, 0.5) is 0 Å². The van der Waals surface area contributed by atoms with Gasteiger partial charge in [-0.15, -0.1) is 0 Å². The molecule has 6 nitrogen and oxygen atoms in total. The van der Waals surface area contributed by atoms with Crippen molar-refractivity contribution in [3.05, 3.63) is 35.4 Å². The van der Waals surface area contributed by atoms with E-state index in [9.17, 15) is 19.5 Å². The van der Waals surface area contributed by atoms with Gasteiger partial charge in [0, 0.05) is 26.1 Å². The number of nitrogens with zero attached hydrogens (tertiary/aromatic N) is 2. The Bertz CT molecular complexity index is 623. The number of aliphatic hydroxyl groups excluding tert-OH is 1. The van der Waals surface area contributed by atoms with Crippen LogP contribution in [0.15, 0.2) is 24.3 Å². The highest BCUT2D eigenvalue weighted by atomic mass is 16.3. The second kappa shape index (κ2) is 7.13. The van der Waals surface area contributed by atoms with Gasteiger partial charge in [-0.3, -0.25) is 19.3 Å². The first kappa shape index (κ1) is 16.6. The smallest absolute Gasteiger partial charge is 0.261 e. The van der Waals surface area contributed by atoms with Crippen LogP contribution in [0.25, 0.3) is 0 Å². The highest BCUT2D eigenvalue weighted by molar-refractivity contribution is 6.21. The van der Waals surface area contributed by atoms with Crippen LogP contribution in [0, 0.1) is 0 Å². The number of β-amino-alcohol motifs (C(OH)–C–C–N with tert-alkyl or cyclic N) is 1. The topological polar surface area (TPSA) is 77.9 Å². The fourth-order valence-electron chi connectivity index (χ4n) is 3.29. The maximum absolute atomic E-state index is 12.2. The van der Waals surface area contributed by atoms with Crippen molar-refractivity contribution in [2.24, 2.45) is 0 Å². The van der Waals surface area contributed by atoms with Gasteiger partial charge in [-0.1, -0.05) is 18.6 Å². The van der Waals surface area contributed by atoms with Gasteiger partial charge in [0.25, 0.3) is 11.8 Å². The summed E-state index contributed by atoms with van der Waals surface area (Å²) < 4.78 is 0. The lowest BCUT2D eigenvalue weighted by atomic mass is 10.1. The highest BCUT2D eigenvalue weighted by Crippen LogP contribution is 2.23. The van der Waals surface area contributed by atoms with Crippen molar-refractivity contribution >= 4 is 17.7 Å². The maximum atomic E-state index is 12.2. The number of rotatable bonds is 6. The molecule has 1 atom stereocenters. The summed E-state index contributed by atoms with van der Waals surface area (Å²) in [5, 5.41) is 9.44. The van der Waals surface area contributed by atoms with Crippen molar-refractivity contribution in [1.82, 2.24) is 9.80 Å². The molecule has 0 aromatic heterocycles. The number of unbranched alkanes of at least 4 members (excludes halogenated alkanes) is 2. The number of carbonyl (C=O) groups excluding carboxylic acids is 3. The minimum atomic E-state index is -0.386. The molecule has 24 heavy (non-hydrogen) atoms. The number of amides is 3. The van der Waals surface area contributed by atoms with Gasteiger partial charge >= 0.3 is 0 Å². The van der Waals surface area contributed by atoms with Gasteiger partial charge in [0.15, 0.2) is 0 Å². The Balaban J connectivity index is 1.39. The molecule has 1 aromatic carbocycles. The number of fused-ring (bicyclic) bond motifs is 1. The van der Waals surface area contributed by atoms with Crippen LogP contribution in [0.5, 0.6) is 0 Å². The number of carbonyl (C=O) groups is 3. The molecule has 0 radical (unpaired) electrons. The maximum Gasteiger partial charge on any atom is 0.261 e. The standard InChI is InChI=1S/C18H22N2O4/c21-13-9-11-19(12-13)16(22)8-2-1-5-10-20-17(23)14-6-3-4-7-15(14)18(20)24/h3-4,6-7,13,21H,1-2,5,8-12H2. The third-order valence-electron chi connectivity index (χ3n) is 4.67. The molecular formula is C18H22N2O4. The summed E-state index contributed by atoms with van der Waals surface area (Å²) in [5.41, 5.74) is 0.954. The van der Waals surface area contributed by atoms with Crippen LogP contribution in [-0.2, 0) is 4.79 Å². The number of hydrogen-bond acceptors (Lipinski definition) is 4. The number of aliphatic hydroxyl groups is 1. The second-order valence-electron chi connectivity index (χ2n) is 6.40. The third kappa shape index (κ3) is 3.33. The second-order valence-corrected chi connectivity index (χ2v) is 6.40. The molecule has 3 amide bonds. The molecule has 2 aliphatic heterocycles. The molecule has 1 saturated heterocycles. The van der Waals surface area contributed by atoms with Crippen LogP contribution in [0.2, 0.25) is 0 Å². The molecule has 0 bridgehead atoms. The van der Waals surface area contributed by atoms with Crippen molar-refractivity contribution in [3.63, 3.8) is 0 Å². The van der Waals surface area contributed by atoms with Crippen molar-refractivity contribution in [1.29, 1.82) is 0 Å². The molecule has 0 aliphatic carbocycles. The molecule has 3 rings (SSSR count). The monoisotopic (exact) mass is 330 g/mol. The summed E-state index contributed by atoms with van der Waals surface area (Å²) >= 11 is 0. The van der Waals surface area contributed by atoms with Crippen LogP contribution in [0.3, 0.4) is 0 Å². The molecular weight excluding hydrogens is 308 g/mol. The Morgan fingerprint density at radius 3 is 2.33 bits per heavy atom. The van der Waals surface area contributed by atoms with Crippen molar-refractivity contribution in [2.45, 2.75) is 38.2 Å². The van der Waals surface area contributed by atoms with E-state index in [0.717, 1.165) is 12.8 Å². The zero-order valence-electron chi connectivity index (χ0n) is 13.6. The number of likely N-dealkylation sites (tertiary alicyclic amines) is 1. The Hall–Kier alpha value is -2.21. The van der Waals surface area contributed by atoms with Gasteiger partial charge in [-0.05, 0) is 31.4 Å². The largest absolute Gasteiger partial charge is 0.391 e. The molecule has 1 N–H and O–H groups in total. The Morgan fingerprint density at radius 2 is 1.75 bits per heavy atom. The molecule has 2 heterocycles. The summed E-state index contributed by atoms with van der Waals surface area (Å²) in [4.78, 5) is 39.4. The predicted octanol–water partition coefficient (Wildman–Crippen LogP) is 1.44. The molecule has 1 aromatic rings.